The van der Waals surface area contributed by atoms with E-state index in [2.05, 4.69) is 0 Å². The van der Waals surface area contributed by atoms with E-state index in [0.717, 1.165) is 24.0 Å². The monoisotopic (exact) mass is 475 g/mol. The lowest BCUT2D eigenvalue weighted by molar-refractivity contribution is 0.0729. The van der Waals surface area contributed by atoms with E-state index in [1.807, 2.05) is 24.3 Å². The summed E-state index contributed by atoms with van der Waals surface area (Å²) in [6, 6.07) is 20.8. The Hall–Kier alpha value is -3.65. The number of amides is 2. The minimum Gasteiger partial charge on any atom is -0.366 e. The van der Waals surface area contributed by atoms with Crippen LogP contribution < -0.4 is 10.0 Å². The maximum atomic E-state index is 13.4. The second-order valence-electron chi connectivity index (χ2n) is 8.71. The highest BCUT2D eigenvalue weighted by molar-refractivity contribution is 7.92. The van der Waals surface area contributed by atoms with Crippen molar-refractivity contribution < 1.29 is 18.0 Å². The molecule has 0 aromatic heterocycles. The van der Waals surface area contributed by atoms with Crippen molar-refractivity contribution in [2.24, 2.45) is 5.73 Å². The molecule has 1 fully saturated rings. The Labute approximate surface area is 198 Å². The number of fused-ring (bicyclic) bond motifs is 1. The highest BCUT2D eigenvalue weighted by Crippen LogP contribution is 2.34. The van der Waals surface area contributed by atoms with Crippen LogP contribution >= 0.6 is 0 Å². The van der Waals surface area contributed by atoms with Crippen LogP contribution in [0.1, 0.15) is 44.7 Å². The molecule has 34 heavy (non-hydrogen) atoms. The van der Waals surface area contributed by atoms with Gasteiger partial charge in [-0.3, -0.25) is 13.9 Å². The molecule has 1 heterocycles. The molecule has 174 valence electrons. The van der Waals surface area contributed by atoms with Gasteiger partial charge < -0.3 is 10.6 Å². The van der Waals surface area contributed by atoms with E-state index in [9.17, 15) is 18.0 Å². The fraction of sp³-hybridized carbons (Fsp3) is 0.231. The molecule has 1 aliphatic carbocycles. The number of carbonyl (C=O) groups excluding carboxylic acids is 2. The van der Waals surface area contributed by atoms with Gasteiger partial charge in [0.05, 0.1) is 10.6 Å². The summed E-state index contributed by atoms with van der Waals surface area (Å²) >= 11 is 0. The van der Waals surface area contributed by atoms with Crippen molar-refractivity contribution in [3.05, 3.63) is 95.1 Å². The number of rotatable bonds is 7. The third kappa shape index (κ3) is 4.17. The Bertz CT molecular complexity index is 1360. The van der Waals surface area contributed by atoms with Gasteiger partial charge in [-0.25, -0.2) is 8.42 Å². The van der Waals surface area contributed by atoms with Gasteiger partial charge in [-0.1, -0.05) is 36.4 Å². The van der Waals surface area contributed by atoms with E-state index in [0.29, 0.717) is 36.3 Å². The van der Waals surface area contributed by atoms with E-state index in [1.165, 1.54) is 16.4 Å². The smallest absolute Gasteiger partial charge is 0.264 e. The minimum absolute atomic E-state index is 0.108. The third-order valence-corrected chi connectivity index (χ3v) is 8.16. The Kier molecular flexibility index (Phi) is 5.61. The number of anilines is 1. The number of hydrogen-bond acceptors (Lipinski definition) is 4. The quantitative estimate of drug-likeness (QED) is 0.566. The van der Waals surface area contributed by atoms with Crippen LogP contribution in [0.2, 0.25) is 0 Å². The summed E-state index contributed by atoms with van der Waals surface area (Å²) in [6.45, 7) is 0.758. The van der Waals surface area contributed by atoms with Gasteiger partial charge in [0.15, 0.2) is 0 Å². The van der Waals surface area contributed by atoms with Crippen LogP contribution in [0.25, 0.3) is 0 Å². The van der Waals surface area contributed by atoms with E-state index < -0.39 is 15.9 Å². The van der Waals surface area contributed by atoms with Crippen LogP contribution in [0.15, 0.2) is 77.7 Å². The van der Waals surface area contributed by atoms with Gasteiger partial charge >= 0.3 is 0 Å². The van der Waals surface area contributed by atoms with Gasteiger partial charge in [0.2, 0.25) is 5.91 Å². The molecule has 5 rings (SSSR count). The van der Waals surface area contributed by atoms with E-state index in [1.54, 1.807) is 41.3 Å². The average Bonchev–Trinajstić information content (AvgIpc) is 3.59. The van der Waals surface area contributed by atoms with Crippen molar-refractivity contribution in [1.82, 2.24) is 4.90 Å². The predicted molar refractivity (Wildman–Crippen MR) is 129 cm³/mol. The molecule has 7 nitrogen and oxygen atoms in total. The Morgan fingerprint density at radius 2 is 1.68 bits per heavy atom. The summed E-state index contributed by atoms with van der Waals surface area (Å²) in [5, 5.41) is 0. The van der Waals surface area contributed by atoms with Crippen LogP contribution in [0.3, 0.4) is 0 Å². The van der Waals surface area contributed by atoms with Crippen LogP contribution in [0.5, 0.6) is 0 Å². The molecule has 0 saturated heterocycles. The maximum absolute atomic E-state index is 13.4. The van der Waals surface area contributed by atoms with E-state index in [-0.39, 0.29) is 16.8 Å². The lowest BCUT2D eigenvalue weighted by Gasteiger charge is -2.24. The first kappa shape index (κ1) is 22.2. The molecule has 1 aliphatic heterocycles. The van der Waals surface area contributed by atoms with Gasteiger partial charge in [0.25, 0.3) is 15.9 Å². The first-order valence-electron chi connectivity index (χ1n) is 11.2. The Morgan fingerprint density at radius 1 is 0.941 bits per heavy atom. The zero-order valence-electron chi connectivity index (χ0n) is 18.6. The fourth-order valence-corrected chi connectivity index (χ4v) is 5.91. The summed E-state index contributed by atoms with van der Waals surface area (Å²) in [6.07, 6.45) is 2.49. The van der Waals surface area contributed by atoms with Crippen molar-refractivity contribution >= 4 is 27.5 Å². The Balaban J connectivity index is 1.40. The van der Waals surface area contributed by atoms with E-state index in [4.69, 9.17) is 5.73 Å². The maximum Gasteiger partial charge on any atom is 0.264 e. The first-order chi connectivity index (χ1) is 16.3. The summed E-state index contributed by atoms with van der Waals surface area (Å²) in [7, 11) is -3.79. The predicted octanol–water partition coefficient (Wildman–Crippen LogP) is 3.34. The number of benzene rings is 3. The highest BCUT2D eigenvalue weighted by Gasteiger charge is 2.35. The molecule has 0 bridgehead atoms. The van der Waals surface area contributed by atoms with Crippen molar-refractivity contribution in [1.29, 1.82) is 0 Å². The van der Waals surface area contributed by atoms with Gasteiger partial charge in [0.1, 0.15) is 0 Å². The van der Waals surface area contributed by atoms with Gasteiger partial charge in [-0.15, -0.1) is 0 Å². The van der Waals surface area contributed by atoms with Crippen molar-refractivity contribution in [3.8, 4) is 0 Å². The molecule has 3 aromatic carbocycles. The molecule has 2 amide bonds. The first-order valence-corrected chi connectivity index (χ1v) is 12.7. The zero-order valence-corrected chi connectivity index (χ0v) is 19.4. The van der Waals surface area contributed by atoms with Gasteiger partial charge in [-0.05, 0) is 66.8 Å². The molecule has 0 radical (unpaired) electrons. The largest absolute Gasteiger partial charge is 0.366 e. The number of para-hydroxylation sites is 1. The molecule has 1 saturated carbocycles. The second-order valence-corrected chi connectivity index (χ2v) is 10.6. The topological polar surface area (TPSA) is 101 Å². The summed E-state index contributed by atoms with van der Waals surface area (Å²) in [5.74, 6) is -0.708. The van der Waals surface area contributed by atoms with Crippen LogP contribution in [-0.2, 0) is 23.0 Å². The van der Waals surface area contributed by atoms with Crippen molar-refractivity contribution in [2.45, 2.75) is 36.7 Å². The standard InChI is InChI=1S/C26H25N3O4S/c27-25(30)20-10-8-18(9-11-20)17-28(22-12-13-22)26(31)21-5-3-6-23(16-21)34(32,33)29-15-14-19-4-1-2-7-24(19)29/h1-11,16,22H,12-15,17H2,(H2,27,30). The molecule has 8 heteroatoms. The average molecular weight is 476 g/mol. The zero-order chi connectivity index (χ0) is 23.9. The van der Waals surface area contributed by atoms with Gasteiger partial charge in [-0.2, -0.15) is 0 Å². The lowest BCUT2D eigenvalue weighted by Crippen LogP contribution is -2.33. The number of carbonyl (C=O) groups is 2. The summed E-state index contributed by atoms with van der Waals surface area (Å²) in [4.78, 5) is 26.7. The number of nitrogens with zero attached hydrogens (tertiary/aromatic N) is 2. The SMILES string of the molecule is NC(=O)c1ccc(CN(C(=O)c2cccc(S(=O)(=O)N3CCc4ccccc43)c2)C2CC2)cc1. The third-order valence-electron chi connectivity index (χ3n) is 6.35. The van der Waals surface area contributed by atoms with Gasteiger partial charge in [0, 0.05) is 30.3 Å². The number of sulfonamides is 1. The van der Waals surface area contributed by atoms with Crippen molar-refractivity contribution in [2.75, 3.05) is 10.8 Å². The minimum atomic E-state index is -3.79. The molecule has 0 atom stereocenters. The van der Waals surface area contributed by atoms with Crippen molar-refractivity contribution in [3.63, 3.8) is 0 Å². The molecular weight excluding hydrogens is 450 g/mol. The molecular formula is C26H25N3O4S. The number of hydrogen-bond donors (Lipinski definition) is 1. The molecule has 0 spiro atoms. The van der Waals surface area contributed by atoms with Crippen LogP contribution in [0, 0.1) is 0 Å². The lowest BCUT2D eigenvalue weighted by atomic mass is 10.1. The number of nitrogens with two attached hydrogens (primary N) is 1. The van der Waals surface area contributed by atoms with Crippen LogP contribution in [-0.4, -0.2) is 37.7 Å². The second kappa shape index (κ2) is 8.61. The molecule has 0 unspecified atom stereocenters. The summed E-state index contributed by atoms with van der Waals surface area (Å²) in [5.41, 5.74) is 8.64. The number of primary amides is 1. The van der Waals surface area contributed by atoms with Crippen LogP contribution in [0.4, 0.5) is 5.69 Å². The van der Waals surface area contributed by atoms with E-state index >= 15 is 0 Å². The Morgan fingerprint density at radius 3 is 2.38 bits per heavy atom. The fourth-order valence-electron chi connectivity index (χ4n) is 4.36. The highest BCUT2D eigenvalue weighted by atomic mass is 32.2. The molecule has 2 aliphatic rings. The summed E-state index contributed by atoms with van der Waals surface area (Å²) < 4.78 is 28.3. The molecule has 2 N–H and O–H groups in total. The molecule has 3 aromatic rings. The normalized spacial score (nSPS) is 15.1.